The van der Waals surface area contributed by atoms with E-state index in [1.807, 2.05) is 13.0 Å². The van der Waals surface area contributed by atoms with Crippen LogP contribution in [-0.4, -0.2) is 44.9 Å². The van der Waals surface area contributed by atoms with Gasteiger partial charge in [0.25, 0.3) is 5.91 Å². The van der Waals surface area contributed by atoms with Crippen molar-refractivity contribution in [3.05, 3.63) is 57.9 Å². The lowest BCUT2D eigenvalue weighted by atomic mass is 10.1. The van der Waals surface area contributed by atoms with Gasteiger partial charge in [-0.2, -0.15) is 9.61 Å². The Labute approximate surface area is 185 Å². The number of nitrogens with zero attached hydrogens (tertiary/aromatic N) is 5. The fourth-order valence-electron chi connectivity index (χ4n) is 3.10. The van der Waals surface area contributed by atoms with E-state index in [0.29, 0.717) is 27.8 Å². The molecule has 4 aromatic rings. The molecule has 0 atom stereocenters. The lowest BCUT2D eigenvalue weighted by Gasteiger charge is -2.12. The largest absolute Gasteiger partial charge is 0.495 e. The fourth-order valence-corrected chi connectivity index (χ4v) is 3.96. The van der Waals surface area contributed by atoms with Crippen molar-refractivity contribution in [1.82, 2.24) is 19.8 Å². The summed E-state index contributed by atoms with van der Waals surface area (Å²) < 4.78 is 12.0. The summed E-state index contributed by atoms with van der Waals surface area (Å²) in [5, 5.41) is 27.5. The van der Waals surface area contributed by atoms with Gasteiger partial charge >= 0.3 is 5.69 Å². The van der Waals surface area contributed by atoms with Gasteiger partial charge < -0.3 is 14.8 Å². The number of methoxy groups -OCH3 is 2. The van der Waals surface area contributed by atoms with Crippen molar-refractivity contribution < 1.29 is 19.2 Å². The van der Waals surface area contributed by atoms with Crippen LogP contribution in [0.1, 0.15) is 23.1 Å². The van der Waals surface area contributed by atoms with Gasteiger partial charge in [0.2, 0.25) is 4.96 Å². The minimum absolute atomic E-state index is 0.0702. The van der Waals surface area contributed by atoms with E-state index in [2.05, 4.69) is 20.6 Å². The average Bonchev–Trinajstić information content (AvgIpc) is 3.39. The zero-order valence-electron chi connectivity index (χ0n) is 17.4. The molecule has 2 heterocycles. The molecule has 0 aliphatic heterocycles. The Hall–Kier alpha value is -4.06. The van der Waals surface area contributed by atoms with E-state index in [4.69, 9.17) is 9.47 Å². The van der Waals surface area contributed by atoms with Gasteiger partial charge in [-0.1, -0.05) is 18.3 Å². The second kappa shape index (κ2) is 8.59. The third kappa shape index (κ3) is 3.83. The van der Waals surface area contributed by atoms with Crippen LogP contribution in [0.3, 0.4) is 0 Å². The number of anilines is 1. The summed E-state index contributed by atoms with van der Waals surface area (Å²) in [5.41, 5.74) is 0.957. The highest BCUT2D eigenvalue weighted by atomic mass is 32.1. The van der Waals surface area contributed by atoms with E-state index in [0.717, 1.165) is 11.4 Å². The predicted molar refractivity (Wildman–Crippen MR) is 118 cm³/mol. The number of fused-ring (bicyclic) bond motifs is 1. The number of nitrogens with one attached hydrogen (secondary N) is 1. The number of amides is 1. The van der Waals surface area contributed by atoms with Gasteiger partial charge in [0.15, 0.2) is 11.6 Å². The maximum absolute atomic E-state index is 12.8. The molecule has 0 spiro atoms. The first-order valence-corrected chi connectivity index (χ1v) is 10.3. The highest BCUT2D eigenvalue weighted by molar-refractivity contribution is 7.19. The van der Waals surface area contributed by atoms with E-state index in [1.165, 1.54) is 43.8 Å². The molecule has 11 nitrogen and oxygen atoms in total. The van der Waals surface area contributed by atoms with Gasteiger partial charge in [0.05, 0.1) is 24.8 Å². The number of aryl methyl sites for hydroxylation is 1. The normalized spacial score (nSPS) is 10.8. The Morgan fingerprint density at radius 1 is 1.16 bits per heavy atom. The minimum atomic E-state index is -0.602. The van der Waals surface area contributed by atoms with E-state index in [-0.39, 0.29) is 17.0 Å². The molecule has 0 saturated heterocycles. The van der Waals surface area contributed by atoms with Gasteiger partial charge in [-0.25, -0.2) is 0 Å². The van der Waals surface area contributed by atoms with Gasteiger partial charge in [0, 0.05) is 23.6 Å². The number of aromatic nitrogens is 4. The predicted octanol–water partition coefficient (Wildman–Crippen LogP) is 3.59. The molecule has 0 aliphatic rings. The first-order valence-electron chi connectivity index (χ1n) is 9.48. The summed E-state index contributed by atoms with van der Waals surface area (Å²) in [6, 6.07) is 9.26. The number of hydrogen-bond acceptors (Lipinski definition) is 9. The first kappa shape index (κ1) is 21.2. The number of benzene rings is 2. The van der Waals surface area contributed by atoms with Crippen LogP contribution in [0, 0.1) is 10.1 Å². The topological polar surface area (TPSA) is 134 Å². The SMILES string of the molecule is CCc1nnc2sc(-c3ccc(OC)c(NC(=O)c4ccc(OC)c([N+](=O)[O-])c4)c3)nn12. The van der Waals surface area contributed by atoms with Crippen LogP contribution in [0.4, 0.5) is 11.4 Å². The lowest BCUT2D eigenvalue weighted by molar-refractivity contribution is -0.385. The van der Waals surface area contributed by atoms with Gasteiger partial charge in [-0.15, -0.1) is 10.2 Å². The van der Waals surface area contributed by atoms with Crippen molar-refractivity contribution >= 4 is 33.6 Å². The molecular weight excluding hydrogens is 436 g/mol. The van der Waals surface area contributed by atoms with Crippen molar-refractivity contribution in [2.75, 3.05) is 19.5 Å². The zero-order valence-corrected chi connectivity index (χ0v) is 18.2. The summed E-state index contributed by atoms with van der Waals surface area (Å²) in [5.74, 6) is 0.728. The van der Waals surface area contributed by atoms with Crippen molar-refractivity contribution in [2.24, 2.45) is 0 Å². The molecule has 0 radical (unpaired) electrons. The molecule has 164 valence electrons. The van der Waals surface area contributed by atoms with E-state index < -0.39 is 10.8 Å². The standard InChI is InChI=1S/C20H18N6O5S/c1-4-17-22-23-20-25(17)24-19(32-20)12-6-7-15(30-2)13(9-12)21-18(27)11-5-8-16(31-3)14(10-11)26(28)29/h5-10H,4H2,1-3H3,(H,21,27). The lowest BCUT2D eigenvalue weighted by Crippen LogP contribution is -2.13. The van der Waals surface area contributed by atoms with Crippen LogP contribution < -0.4 is 14.8 Å². The summed E-state index contributed by atoms with van der Waals surface area (Å²) >= 11 is 1.37. The minimum Gasteiger partial charge on any atom is -0.495 e. The molecule has 0 bridgehead atoms. The number of carbonyl (C=O) groups excluding carboxylic acids is 1. The first-order chi connectivity index (χ1) is 15.4. The van der Waals surface area contributed by atoms with Crippen LogP contribution >= 0.6 is 11.3 Å². The third-order valence-corrected chi connectivity index (χ3v) is 5.65. The second-order valence-corrected chi connectivity index (χ2v) is 7.54. The average molecular weight is 454 g/mol. The smallest absolute Gasteiger partial charge is 0.311 e. The molecule has 0 saturated carbocycles. The summed E-state index contributed by atoms with van der Waals surface area (Å²) in [6.45, 7) is 1.97. The Balaban J connectivity index is 1.67. The third-order valence-electron chi connectivity index (χ3n) is 4.70. The molecule has 12 heteroatoms. The van der Waals surface area contributed by atoms with Crippen LogP contribution in [0.2, 0.25) is 0 Å². The van der Waals surface area contributed by atoms with E-state index in [9.17, 15) is 14.9 Å². The van der Waals surface area contributed by atoms with Crippen molar-refractivity contribution in [3.63, 3.8) is 0 Å². The Bertz CT molecular complexity index is 1330. The Morgan fingerprint density at radius 3 is 2.59 bits per heavy atom. The van der Waals surface area contributed by atoms with Gasteiger partial charge in [0.1, 0.15) is 10.8 Å². The summed E-state index contributed by atoms with van der Waals surface area (Å²) in [6.07, 6.45) is 0.697. The molecule has 1 N–H and O–H groups in total. The maximum Gasteiger partial charge on any atom is 0.311 e. The molecule has 32 heavy (non-hydrogen) atoms. The Kier molecular flexibility index (Phi) is 5.69. The molecule has 1 amide bonds. The van der Waals surface area contributed by atoms with Crippen molar-refractivity contribution in [3.8, 4) is 22.1 Å². The summed E-state index contributed by atoms with van der Waals surface area (Å²) in [4.78, 5) is 24.2. The highest BCUT2D eigenvalue weighted by Crippen LogP contribution is 2.34. The molecule has 4 rings (SSSR count). The molecule has 2 aromatic carbocycles. The van der Waals surface area contributed by atoms with Crippen LogP contribution in [0.5, 0.6) is 11.5 Å². The number of nitro benzene ring substituents is 1. The van der Waals surface area contributed by atoms with Crippen molar-refractivity contribution in [1.29, 1.82) is 0 Å². The highest BCUT2D eigenvalue weighted by Gasteiger charge is 2.20. The quantitative estimate of drug-likeness (QED) is 0.331. The summed E-state index contributed by atoms with van der Waals surface area (Å²) in [7, 11) is 2.81. The maximum atomic E-state index is 12.8. The molecule has 0 unspecified atom stereocenters. The Morgan fingerprint density at radius 2 is 1.91 bits per heavy atom. The number of rotatable bonds is 7. The number of ether oxygens (including phenoxy) is 2. The molecular formula is C20H18N6O5S. The van der Waals surface area contributed by atoms with E-state index in [1.54, 1.807) is 16.6 Å². The van der Waals surface area contributed by atoms with Gasteiger partial charge in [-0.05, 0) is 30.3 Å². The molecule has 2 aromatic heterocycles. The fraction of sp³-hybridized carbons (Fsp3) is 0.200. The zero-order chi connectivity index (χ0) is 22.8. The van der Waals surface area contributed by atoms with Crippen LogP contribution in [0.15, 0.2) is 36.4 Å². The van der Waals surface area contributed by atoms with Crippen LogP contribution in [0.25, 0.3) is 15.5 Å². The number of hydrogen-bond donors (Lipinski definition) is 1. The monoisotopic (exact) mass is 454 g/mol. The van der Waals surface area contributed by atoms with Gasteiger partial charge in [-0.3, -0.25) is 14.9 Å². The molecule has 0 aliphatic carbocycles. The second-order valence-electron chi connectivity index (χ2n) is 6.58. The molecule has 0 fully saturated rings. The van der Waals surface area contributed by atoms with Crippen molar-refractivity contribution in [2.45, 2.75) is 13.3 Å². The van der Waals surface area contributed by atoms with Crippen LogP contribution in [-0.2, 0) is 6.42 Å². The number of nitro groups is 1. The van der Waals surface area contributed by atoms with E-state index >= 15 is 0 Å². The number of carbonyl (C=O) groups is 1.